The monoisotopic (exact) mass is 678 g/mol. The molecule has 2 aliphatic rings. The van der Waals surface area contributed by atoms with Crippen LogP contribution in [0.2, 0.25) is 0 Å². The fourth-order valence-electron chi connectivity index (χ4n) is 8.89. The molecule has 52 heavy (non-hydrogen) atoms. The van der Waals surface area contributed by atoms with Crippen LogP contribution in [0.3, 0.4) is 0 Å². The van der Waals surface area contributed by atoms with Crippen LogP contribution in [0.5, 0.6) is 0 Å². The van der Waals surface area contributed by atoms with Crippen molar-refractivity contribution in [2.24, 2.45) is 0 Å². The molecule has 0 unspecified atom stereocenters. The Morgan fingerprint density at radius 2 is 0.635 bits per heavy atom. The van der Waals surface area contributed by atoms with Crippen LogP contribution in [0.15, 0.2) is 212 Å². The second-order valence-corrected chi connectivity index (χ2v) is 17.5. The quantitative estimate of drug-likeness (QED) is 0.136. The van der Waals surface area contributed by atoms with Gasteiger partial charge in [-0.1, -0.05) is 164 Å². The lowest BCUT2D eigenvalue weighted by molar-refractivity contribution is 1.26. The number of benzene rings is 8. The first-order valence-electron chi connectivity index (χ1n) is 18.1. The molecule has 244 valence electrons. The van der Waals surface area contributed by atoms with Crippen LogP contribution >= 0.6 is 0 Å². The van der Waals surface area contributed by atoms with Gasteiger partial charge in [0.25, 0.3) is 6.71 Å². The number of rotatable bonds is 6. The van der Waals surface area contributed by atoms with Gasteiger partial charge >= 0.3 is 0 Å². The summed E-state index contributed by atoms with van der Waals surface area (Å²) in [5, 5.41) is 5.44. The highest BCUT2D eigenvalue weighted by molar-refractivity contribution is 7.20. The number of hydrogen-bond acceptors (Lipinski definition) is 2. The minimum atomic E-state index is -2.90. The third-order valence-corrected chi connectivity index (χ3v) is 15.7. The SMILES string of the molecule is c1ccc(N2c3ccccc3B3c4ccccc4N(c4ccccc4)c4cc([Si](c5ccccc5)(c5ccccc5)c5ccccc5)cc2c43)cc1. The second-order valence-electron chi connectivity index (χ2n) is 13.7. The summed E-state index contributed by atoms with van der Waals surface area (Å²) in [5.41, 5.74) is 11.2. The minimum absolute atomic E-state index is 0.0765. The lowest BCUT2D eigenvalue weighted by atomic mass is 9.33. The summed E-state index contributed by atoms with van der Waals surface area (Å²) in [7, 11) is -2.90. The molecule has 2 aliphatic heterocycles. The molecule has 0 saturated heterocycles. The van der Waals surface area contributed by atoms with Gasteiger partial charge in [-0.05, 0) is 85.7 Å². The van der Waals surface area contributed by atoms with Crippen molar-refractivity contribution in [3.63, 3.8) is 0 Å². The lowest BCUT2D eigenvalue weighted by Crippen LogP contribution is -2.75. The zero-order chi connectivity index (χ0) is 34.5. The van der Waals surface area contributed by atoms with E-state index in [1.807, 2.05) is 0 Å². The van der Waals surface area contributed by atoms with Gasteiger partial charge in [0.15, 0.2) is 8.07 Å². The van der Waals surface area contributed by atoms with E-state index in [2.05, 4.69) is 222 Å². The van der Waals surface area contributed by atoms with Crippen molar-refractivity contribution in [1.82, 2.24) is 0 Å². The number of anilines is 6. The molecule has 0 radical (unpaired) electrons. The smallest absolute Gasteiger partial charge is 0.252 e. The van der Waals surface area contributed by atoms with Gasteiger partial charge in [-0.15, -0.1) is 0 Å². The fourth-order valence-corrected chi connectivity index (χ4v) is 13.7. The molecule has 8 aromatic rings. The van der Waals surface area contributed by atoms with Crippen LogP contribution in [0.4, 0.5) is 34.1 Å². The summed E-state index contributed by atoms with van der Waals surface area (Å²) in [4.78, 5) is 5.04. The largest absolute Gasteiger partial charge is 0.311 e. The van der Waals surface area contributed by atoms with Gasteiger partial charge in [0.1, 0.15) is 0 Å². The highest BCUT2D eigenvalue weighted by Gasteiger charge is 2.47. The molecule has 2 heterocycles. The predicted molar refractivity (Wildman–Crippen MR) is 224 cm³/mol. The molecule has 0 N–H and O–H groups in total. The highest BCUT2D eigenvalue weighted by Crippen LogP contribution is 2.43. The average molecular weight is 679 g/mol. The first-order valence-corrected chi connectivity index (χ1v) is 20.1. The van der Waals surface area contributed by atoms with Gasteiger partial charge in [-0.3, -0.25) is 0 Å². The van der Waals surface area contributed by atoms with E-state index in [4.69, 9.17) is 0 Å². The zero-order valence-electron chi connectivity index (χ0n) is 28.7. The third kappa shape index (κ3) is 4.58. The maximum absolute atomic E-state index is 2.90. The molecule has 4 heteroatoms. The second kappa shape index (κ2) is 12.4. The Labute approximate surface area is 307 Å². The summed E-state index contributed by atoms with van der Waals surface area (Å²) in [6.07, 6.45) is 0. The topological polar surface area (TPSA) is 6.48 Å². The molecule has 0 saturated carbocycles. The summed E-state index contributed by atoms with van der Waals surface area (Å²) >= 11 is 0. The molecule has 0 bridgehead atoms. The van der Waals surface area contributed by atoms with Gasteiger partial charge < -0.3 is 9.80 Å². The first kappa shape index (κ1) is 30.5. The molecule has 10 rings (SSSR count). The summed E-state index contributed by atoms with van der Waals surface area (Å²) in [5.74, 6) is 0. The summed E-state index contributed by atoms with van der Waals surface area (Å²) in [6.45, 7) is 0.0765. The number of nitrogens with zero attached hydrogens (tertiary/aromatic N) is 2. The molecule has 0 amide bonds. The minimum Gasteiger partial charge on any atom is -0.311 e. The number of hydrogen-bond donors (Lipinski definition) is 0. The van der Waals surface area contributed by atoms with E-state index in [0.29, 0.717) is 0 Å². The molecule has 0 spiro atoms. The summed E-state index contributed by atoms with van der Waals surface area (Å²) in [6, 6.07) is 78.8. The van der Waals surface area contributed by atoms with E-state index in [-0.39, 0.29) is 6.71 Å². The number of para-hydroxylation sites is 4. The van der Waals surface area contributed by atoms with Crippen LogP contribution in [-0.4, -0.2) is 14.8 Å². The Balaban J connectivity index is 1.40. The summed E-state index contributed by atoms with van der Waals surface area (Å²) < 4.78 is 0. The van der Waals surface area contributed by atoms with Crippen LogP contribution < -0.4 is 46.9 Å². The van der Waals surface area contributed by atoms with Crippen LogP contribution in [0.25, 0.3) is 0 Å². The van der Waals surface area contributed by atoms with Crippen molar-refractivity contribution in [2.75, 3.05) is 9.80 Å². The third-order valence-electron chi connectivity index (χ3n) is 11.0. The van der Waals surface area contributed by atoms with E-state index < -0.39 is 8.07 Å². The Bertz CT molecular complexity index is 2320. The first-order chi connectivity index (χ1) is 25.8. The number of fused-ring (bicyclic) bond motifs is 4. The molecule has 0 aliphatic carbocycles. The Morgan fingerprint density at radius 3 is 1.02 bits per heavy atom. The molecule has 0 atom stereocenters. The van der Waals surface area contributed by atoms with Gasteiger partial charge in [-0.25, -0.2) is 0 Å². The van der Waals surface area contributed by atoms with Gasteiger partial charge in [0, 0.05) is 34.1 Å². The maximum Gasteiger partial charge on any atom is 0.252 e. The highest BCUT2D eigenvalue weighted by atomic mass is 28.3. The van der Waals surface area contributed by atoms with Crippen molar-refractivity contribution >= 4 is 86.0 Å². The predicted octanol–water partition coefficient (Wildman–Crippen LogP) is 7.15. The molecular formula is C48H35BN2Si. The average Bonchev–Trinajstić information content (AvgIpc) is 3.23. The van der Waals surface area contributed by atoms with E-state index in [9.17, 15) is 0 Å². The normalized spacial score (nSPS) is 12.9. The van der Waals surface area contributed by atoms with Crippen LogP contribution in [-0.2, 0) is 0 Å². The van der Waals surface area contributed by atoms with Gasteiger partial charge in [-0.2, -0.15) is 0 Å². The maximum atomic E-state index is 2.56. The molecule has 0 fully saturated rings. The van der Waals surface area contributed by atoms with E-state index in [1.165, 1.54) is 59.9 Å². The fraction of sp³-hybridized carbons (Fsp3) is 0. The molecule has 2 nitrogen and oxygen atoms in total. The zero-order valence-corrected chi connectivity index (χ0v) is 29.7. The standard InChI is InChI=1S/C48H35BN2Si/c1-6-20-36(21-7-1)50-44-32-18-16-30-42(44)49-43-31-17-19-33-45(43)51(37-22-8-2-9-23-37)47-35-41(34-46(50)48(47)49)52(38-24-10-3-11-25-38,39-26-12-4-13-27-39)40-28-14-5-15-29-40/h1-35H. The van der Waals surface area contributed by atoms with Crippen LogP contribution in [0.1, 0.15) is 0 Å². The van der Waals surface area contributed by atoms with Crippen molar-refractivity contribution in [3.8, 4) is 0 Å². The van der Waals surface area contributed by atoms with Crippen molar-refractivity contribution < 1.29 is 0 Å². The van der Waals surface area contributed by atoms with E-state index in [0.717, 1.165) is 11.4 Å². The Morgan fingerprint density at radius 1 is 0.308 bits per heavy atom. The molecule has 8 aromatic carbocycles. The van der Waals surface area contributed by atoms with Crippen molar-refractivity contribution in [1.29, 1.82) is 0 Å². The van der Waals surface area contributed by atoms with Crippen LogP contribution in [0, 0.1) is 0 Å². The Hall–Kier alpha value is -6.36. The lowest BCUT2D eigenvalue weighted by Gasteiger charge is -2.45. The van der Waals surface area contributed by atoms with Gasteiger partial charge in [0.05, 0.1) is 0 Å². The van der Waals surface area contributed by atoms with E-state index >= 15 is 0 Å². The Kier molecular flexibility index (Phi) is 7.29. The molecule has 0 aromatic heterocycles. The van der Waals surface area contributed by atoms with E-state index in [1.54, 1.807) is 0 Å². The van der Waals surface area contributed by atoms with Crippen molar-refractivity contribution in [2.45, 2.75) is 0 Å². The van der Waals surface area contributed by atoms with Gasteiger partial charge in [0.2, 0.25) is 0 Å². The molecular weight excluding hydrogens is 643 g/mol. The van der Waals surface area contributed by atoms with Crippen molar-refractivity contribution in [3.05, 3.63) is 212 Å².